The van der Waals surface area contributed by atoms with E-state index in [1.165, 1.54) is 4.90 Å². The van der Waals surface area contributed by atoms with Crippen molar-refractivity contribution in [1.82, 2.24) is 10.2 Å². The zero-order valence-corrected chi connectivity index (χ0v) is 13.7. The number of anilines is 1. The molecule has 0 radical (unpaired) electrons. The third kappa shape index (κ3) is 2.66. The van der Waals surface area contributed by atoms with Crippen molar-refractivity contribution in [2.24, 2.45) is 5.92 Å². The molecule has 3 aliphatic rings. The van der Waals surface area contributed by atoms with Gasteiger partial charge in [0.05, 0.1) is 6.04 Å². The molecule has 2 fully saturated rings. The minimum Gasteiger partial charge on any atom is -0.379 e. The van der Waals surface area contributed by atoms with E-state index in [-0.39, 0.29) is 5.92 Å². The number of nitrogens with zero attached hydrogens (tertiary/aromatic N) is 2. The lowest BCUT2D eigenvalue weighted by Gasteiger charge is -2.41. The Morgan fingerprint density at radius 3 is 2.52 bits per heavy atom. The van der Waals surface area contributed by atoms with E-state index in [1.54, 1.807) is 6.07 Å². The molecule has 136 valence electrons. The van der Waals surface area contributed by atoms with E-state index in [4.69, 9.17) is 0 Å². The molecule has 1 aromatic rings. The molecule has 0 spiro atoms. The number of piperidine rings is 1. The van der Waals surface area contributed by atoms with E-state index in [9.17, 15) is 25.2 Å². The van der Waals surface area contributed by atoms with Gasteiger partial charge in [-0.25, -0.2) is 4.90 Å². The van der Waals surface area contributed by atoms with Crippen LogP contribution in [0.5, 0.6) is 0 Å². The molecule has 2 saturated heterocycles. The maximum atomic E-state index is 10.9. The van der Waals surface area contributed by atoms with Crippen LogP contribution in [0.2, 0.25) is 0 Å². The first kappa shape index (κ1) is 16.9. The maximum Gasteiger partial charge on any atom is 0.138 e. The quantitative estimate of drug-likeness (QED) is 0.442. The number of aldehydes is 1. The van der Waals surface area contributed by atoms with Gasteiger partial charge < -0.3 is 30.1 Å². The van der Waals surface area contributed by atoms with Gasteiger partial charge in [-0.1, -0.05) is 12.1 Å². The summed E-state index contributed by atoms with van der Waals surface area (Å²) >= 11 is 0. The molecule has 3 aliphatic heterocycles. The minimum absolute atomic E-state index is 0.00119. The average molecular weight is 349 g/mol. The van der Waals surface area contributed by atoms with Crippen molar-refractivity contribution in [2.45, 2.75) is 43.8 Å². The molecule has 8 heteroatoms. The van der Waals surface area contributed by atoms with Crippen LogP contribution in [0.15, 0.2) is 18.2 Å². The van der Waals surface area contributed by atoms with Gasteiger partial charge in [0.25, 0.3) is 0 Å². The molecule has 0 aliphatic carbocycles. The van der Waals surface area contributed by atoms with Crippen LogP contribution in [-0.2, 0) is 4.79 Å². The van der Waals surface area contributed by atoms with Gasteiger partial charge in [-0.15, -0.1) is 0 Å². The lowest BCUT2D eigenvalue weighted by Crippen LogP contribution is -2.57. The van der Waals surface area contributed by atoms with Gasteiger partial charge in [0.2, 0.25) is 0 Å². The summed E-state index contributed by atoms with van der Waals surface area (Å²) in [6.07, 6.45) is -2.13. The number of hydrogen-bond donors (Lipinski definition) is 5. The molecule has 8 nitrogen and oxygen atoms in total. The number of fused-ring (bicyclic) bond motifs is 1. The lowest BCUT2D eigenvalue weighted by atomic mass is 9.97. The van der Waals surface area contributed by atoms with Crippen molar-refractivity contribution in [3.8, 4) is 0 Å². The Kier molecular flexibility index (Phi) is 4.27. The Morgan fingerprint density at radius 2 is 1.84 bits per heavy atom. The van der Waals surface area contributed by atoms with E-state index in [0.717, 1.165) is 12.0 Å². The number of nitrogens with one attached hydrogen (secondary N) is 1. The fraction of sp³-hybridized carbons (Fsp3) is 0.588. The molecule has 25 heavy (non-hydrogen) atoms. The van der Waals surface area contributed by atoms with Crippen molar-refractivity contribution in [1.29, 1.82) is 0 Å². The molecule has 1 aromatic carbocycles. The van der Waals surface area contributed by atoms with E-state index < -0.39 is 31.0 Å². The van der Waals surface area contributed by atoms with Crippen LogP contribution in [0.3, 0.4) is 0 Å². The van der Waals surface area contributed by atoms with Crippen molar-refractivity contribution in [3.63, 3.8) is 0 Å². The zero-order valence-electron chi connectivity index (χ0n) is 13.7. The maximum absolute atomic E-state index is 10.9. The predicted octanol–water partition coefficient (Wildman–Crippen LogP) is -0.992. The molecular formula is C17H23N3O5. The topological polar surface area (TPSA) is 117 Å². The normalized spacial score (nSPS) is 36.2. The fourth-order valence-corrected chi connectivity index (χ4v) is 4.14. The number of carbonyl (C=O) groups is 1. The summed E-state index contributed by atoms with van der Waals surface area (Å²) in [5.41, 5.74) is 2.04. The van der Waals surface area contributed by atoms with Gasteiger partial charge >= 0.3 is 0 Å². The smallest absolute Gasteiger partial charge is 0.138 e. The monoisotopic (exact) mass is 349 g/mol. The predicted molar refractivity (Wildman–Crippen MR) is 88.1 cm³/mol. The molecular weight excluding hydrogens is 326 g/mol. The van der Waals surface area contributed by atoms with Crippen LogP contribution in [-0.4, -0.2) is 63.2 Å². The lowest BCUT2D eigenvalue weighted by molar-refractivity contribution is -0.159. The van der Waals surface area contributed by atoms with Gasteiger partial charge in [0.1, 0.15) is 31.2 Å². The van der Waals surface area contributed by atoms with Crippen molar-refractivity contribution < 1.29 is 25.2 Å². The molecule has 5 atom stereocenters. The standard InChI is InChI=1S/C17H23N3O5/c21-8-9-6-19(7-9)11-3-1-2-10-14(11)17(25)20(16(10)24)12-4-5-13(22)18-15(12)23/h1-3,8-9,12-13,15-18,22-25H,4-7H2. The van der Waals surface area contributed by atoms with Crippen molar-refractivity contribution in [3.05, 3.63) is 29.3 Å². The first-order valence-electron chi connectivity index (χ1n) is 8.60. The van der Waals surface area contributed by atoms with Crippen LogP contribution in [0, 0.1) is 5.92 Å². The van der Waals surface area contributed by atoms with E-state index in [1.807, 2.05) is 17.0 Å². The molecule has 5 N–H and O–H groups in total. The van der Waals surface area contributed by atoms with Gasteiger partial charge in [-0.2, -0.15) is 0 Å². The Labute approximate surface area is 145 Å². The molecule has 0 aromatic heterocycles. The number of aliphatic hydroxyl groups is 4. The number of aliphatic hydroxyl groups excluding tert-OH is 4. The summed E-state index contributed by atoms with van der Waals surface area (Å²) < 4.78 is 0. The number of rotatable bonds is 3. The fourth-order valence-electron chi connectivity index (χ4n) is 4.14. The van der Waals surface area contributed by atoms with Crippen LogP contribution < -0.4 is 10.2 Å². The highest BCUT2D eigenvalue weighted by Crippen LogP contribution is 2.47. The summed E-state index contributed by atoms with van der Waals surface area (Å²) in [5.74, 6) is 0.00119. The van der Waals surface area contributed by atoms with Gasteiger partial charge in [-0.3, -0.25) is 5.32 Å². The summed E-state index contributed by atoms with van der Waals surface area (Å²) in [6.45, 7) is 1.20. The summed E-state index contributed by atoms with van der Waals surface area (Å²) in [4.78, 5) is 14.3. The Morgan fingerprint density at radius 1 is 1.08 bits per heavy atom. The molecule has 4 rings (SSSR count). The summed E-state index contributed by atoms with van der Waals surface area (Å²) in [7, 11) is 0. The van der Waals surface area contributed by atoms with Crippen LogP contribution >= 0.6 is 0 Å². The van der Waals surface area contributed by atoms with E-state index >= 15 is 0 Å². The molecule has 3 heterocycles. The molecule has 0 amide bonds. The number of hydrogen-bond acceptors (Lipinski definition) is 8. The SMILES string of the molecule is O=CC1CN(c2cccc3c2C(O)N(C2CCC(O)NC2O)C3O)C1. The Balaban J connectivity index is 1.62. The number of benzene rings is 1. The van der Waals surface area contributed by atoms with Crippen LogP contribution in [0.4, 0.5) is 5.69 Å². The first-order valence-corrected chi connectivity index (χ1v) is 8.60. The second-order valence-corrected chi connectivity index (χ2v) is 7.05. The summed E-state index contributed by atoms with van der Waals surface area (Å²) in [6, 6.07) is 4.94. The third-order valence-corrected chi connectivity index (χ3v) is 5.51. The second kappa shape index (κ2) is 6.31. The molecule has 0 saturated carbocycles. The third-order valence-electron chi connectivity index (χ3n) is 5.51. The minimum atomic E-state index is -1.06. The Hall–Kier alpha value is -1.55. The largest absolute Gasteiger partial charge is 0.379 e. The highest BCUT2D eigenvalue weighted by molar-refractivity contribution is 5.66. The van der Waals surface area contributed by atoms with Gasteiger partial charge in [0.15, 0.2) is 0 Å². The zero-order chi connectivity index (χ0) is 17.7. The van der Waals surface area contributed by atoms with Crippen LogP contribution in [0.1, 0.15) is 36.4 Å². The summed E-state index contributed by atoms with van der Waals surface area (Å²) in [5, 5.41) is 44.1. The second-order valence-electron chi connectivity index (χ2n) is 7.05. The van der Waals surface area contributed by atoms with Gasteiger partial charge in [-0.05, 0) is 18.9 Å². The van der Waals surface area contributed by atoms with Gasteiger partial charge in [0, 0.05) is 35.8 Å². The van der Waals surface area contributed by atoms with Crippen LogP contribution in [0.25, 0.3) is 0 Å². The van der Waals surface area contributed by atoms with Crippen molar-refractivity contribution in [2.75, 3.05) is 18.0 Å². The van der Waals surface area contributed by atoms with Crippen molar-refractivity contribution >= 4 is 12.0 Å². The Bertz CT molecular complexity index is 666. The van der Waals surface area contributed by atoms with E-state index in [0.29, 0.717) is 37.1 Å². The highest BCUT2D eigenvalue weighted by Gasteiger charge is 2.46. The number of carbonyl (C=O) groups excluding carboxylic acids is 1. The highest BCUT2D eigenvalue weighted by atomic mass is 16.3. The molecule has 0 bridgehead atoms. The average Bonchev–Trinajstić information content (AvgIpc) is 2.79. The molecule has 5 unspecified atom stereocenters. The first-order chi connectivity index (χ1) is 12.0. The van der Waals surface area contributed by atoms with E-state index in [2.05, 4.69) is 5.32 Å².